The maximum absolute atomic E-state index is 12.2. The maximum atomic E-state index is 12.2. The molecule has 4 nitrogen and oxygen atoms in total. The summed E-state index contributed by atoms with van der Waals surface area (Å²) >= 11 is 0. The van der Waals surface area contributed by atoms with Gasteiger partial charge in [0, 0.05) is 5.56 Å². The molecule has 0 spiro atoms. The van der Waals surface area contributed by atoms with Crippen LogP contribution in [0.4, 0.5) is 18.9 Å². The van der Waals surface area contributed by atoms with Crippen molar-refractivity contribution in [3.8, 4) is 0 Å². The van der Waals surface area contributed by atoms with Crippen LogP contribution in [-0.4, -0.2) is 19.7 Å². The molecule has 0 saturated carbocycles. The summed E-state index contributed by atoms with van der Waals surface area (Å²) in [5, 5.41) is 0. The van der Waals surface area contributed by atoms with Crippen molar-refractivity contribution in [1.82, 2.24) is 0 Å². The van der Waals surface area contributed by atoms with Crippen molar-refractivity contribution >= 4 is 21.5 Å². The highest BCUT2D eigenvalue weighted by molar-refractivity contribution is 7.93. The second-order valence-electron chi connectivity index (χ2n) is 3.59. The van der Waals surface area contributed by atoms with E-state index < -0.39 is 15.5 Å². The molecule has 0 radical (unpaired) electrons. The van der Waals surface area contributed by atoms with Gasteiger partial charge in [-0.05, 0) is 25.5 Å². The lowest BCUT2D eigenvalue weighted by Crippen LogP contribution is -2.30. The lowest BCUT2D eigenvalue weighted by Gasteiger charge is -2.13. The van der Waals surface area contributed by atoms with Crippen LogP contribution in [0, 0.1) is 6.92 Å². The molecule has 1 aromatic carbocycles. The zero-order valence-electron chi connectivity index (χ0n) is 9.50. The Morgan fingerprint density at radius 1 is 1.28 bits per heavy atom. The molecule has 0 amide bonds. The van der Waals surface area contributed by atoms with Gasteiger partial charge in [-0.1, -0.05) is 12.1 Å². The Balaban J connectivity index is 3.23. The SMILES string of the molecule is CC(=O)c1cccc(NS(=O)(=O)C(F)(F)F)c1C. The first-order valence-corrected chi connectivity index (χ1v) is 6.24. The summed E-state index contributed by atoms with van der Waals surface area (Å²) < 4.78 is 59.9. The van der Waals surface area contributed by atoms with Gasteiger partial charge in [0.05, 0.1) is 5.69 Å². The van der Waals surface area contributed by atoms with Gasteiger partial charge in [0.1, 0.15) is 0 Å². The molecule has 0 atom stereocenters. The third-order valence-corrected chi connectivity index (χ3v) is 3.36. The van der Waals surface area contributed by atoms with Gasteiger partial charge in [0.2, 0.25) is 0 Å². The number of Topliss-reactive ketones (excluding diaryl/α,β-unsaturated/α-hetero) is 1. The van der Waals surface area contributed by atoms with Crippen LogP contribution in [0.15, 0.2) is 18.2 Å². The Hall–Kier alpha value is -1.57. The molecule has 0 aliphatic heterocycles. The second kappa shape index (κ2) is 4.60. The first-order chi connectivity index (χ1) is 8.06. The number of nitrogens with one attached hydrogen (secondary N) is 1. The van der Waals surface area contributed by atoms with Crippen LogP contribution in [-0.2, 0) is 10.0 Å². The smallest absolute Gasteiger partial charge is 0.294 e. The Morgan fingerprint density at radius 2 is 1.83 bits per heavy atom. The van der Waals surface area contributed by atoms with Gasteiger partial charge >= 0.3 is 15.5 Å². The molecule has 100 valence electrons. The Kier molecular flexibility index (Phi) is 3.70. The average molecular weight is 281 g/mol. The maximum Gasteiger partial charge on any atom is 0.516 e. The van der Waals surface area contributed by atoms with E-state index in [0.29, 0.717) is 0 Å². The van der Waals surface area contributed by atoms with Gasteiger partial charge in [-0.15, -0.1) is 0 Å². The summed E-state index contributed by atoms with van der Waals surface area (Å²) in [6.07, 6.45) is 0. The fourth-order valence-corrected chi connectivity index (χ4v) is 1.96. The third kappa shape index (κ3) is 2.81. The van der Waals surface area contributed by atoms with E-state index in [0.717, 1.165) is 6.07 Å². The molecule has 0 unspecified atom stereocenters. The summed E-state index contributed by atoms with van der Waals surface area (Å²) in [6.45, 7) is 2.61. The van der Waals surface area contributed by atoms with Crippen LogP contribution in [0.5, 0.6) is 0 Å². The largest absolute Gasteiger partial charge is 0.516 e. The van der Waals surface area contributed by atoms with Crippen molar-refractivity contribution in [3.05, 3.63) is 29.3 Å². The minimum Gasteiger partial charge on any atom is -0.294 e. The molecule has 18 heavy (non-hydrogen) atoms. The normalized spacial score (nSPS) is 12.3. The molecule has 0 aliphatic carbocycles. The topological polar surface area (TPSA) is 63.2 Å². The van der Waals surface area contributed by atoms with Crippen LogP contribution in [0.3, 0.4) is 0 Å². The van der Waals surface area contributed by atoms with E-state index in [9.17, 15) is 26.4 Å². The molecule has 1 N–H and O–H groups in total. The Labute approximate surface area is 102 Å². The van der Waals surface area contributed by atoms with Gasteiger partial charge in [-0.2, -0.15) is 21.6 Å². The second-order valence-corrected chi connectivity index (χ2v) is 5.26. The van der Waals surface area contributed by atoms with Crippen LogP contribution < -0.4 is 4.72 Å². The number of carbonyl (C=O) groups is 1. The van der Waals surface area contributed by atoms with Crippen LogP contribution >= 0.6 is 0 Å². The number of sulfonamides is 1. The molecule has 0 fully saturated rings. The van der Waals surface area contributed by atoms with Gasteiger partial charge < -0.3 is 0 Å². The molecular weight excluding hydrogens is 271 g/mol. The van der Waals surface area contributed by atoms with Crippen molar-refractivity contribution in [3.63, 3.8) is 0 Å². The molecule has 0 aliphatic rings. The van der Waals surface area contributed by atoms with Gasteiger partial charge in [0.25, 0.3) is 0 Å². The molecular formula is C10H10F3NO3S. The fourth-order valence-electron chi connectivity index (χ4n) is 1.33. The number of hydrogen-bond acceptors (Lipinski definition) is 3. The molecule has 0 heterocycles. The summed E-state index contributed by atoms with van der Waals surface area (Å²) in [5.41, 5.74) is -5.35. The summed E-state index contributed by atoms with van der Waals surface area (Å²) in [6, 6.07) is 3.87. The highest BCUT2D eigenvalue weighted by atomic mass is 32.2. The monoisotopic (exact) mass is 281 g/mol. The van der Waals surface area contributed by atoms with E-state index in [1.54, 1.807) is 0 Å². The molecule has 8 heteroatoms. The van der Waals surface area contributed by atoms with E-state index in [-0.39, 0.29) is 22.6 Å². The summed E-state index contributed by atoms with van der Waals surface area (Å²) in [4.78, 5) is 11.2. The van der Waals surface area contributed by atoms with E-state index >= 15 is 0 Å². The van der Waals surface area contributed by atoms with Gasteiger partial charge in [-0.25, -0.2) is 0 Å². The van der Waals surface area contributed by atoms with Crippen molar-refractivity contribution in [1.29, 1.82) is 0 Å². The first kappa shape index (κ1) is 14.5. The zero-order valence-corrected chi connectivity index (χ0v) is 10.3. The molecule has 0 aromatic heterocycles. The predicted molar refractivity (Wildman–Crippen MR) is 59.8 cm³/mol. The minimum atomic E-state index is -5.48. The van der Waals surface area contributed by atoms with E-state index in [2.05, 4.69) is 0 Å². The predicted octanol–water partition coefficient (Wildman–Crippen LogP) is 2.46. The van der Waals surface area contributed by atoms with Crippen molar-refractivity contribution < 1.29 is 26.4 Å². The van der Waals surface area contributed by atoms with E-state index in [4.69, 9.17) is 0 Å². The summed E-state index contributed by atoms with van der Waals surface area (Å²) in [5.74, 6) is -0.361. The number of benzene rings is 1. The molecule has 0 bridgehead atoms. The number of carbonyl (C=O) groups excluding carboxylic acids is 1. The number of ketones is 1. The third-order valence-electron chi connectivity index (χ3n) is 2.26. The van der Waals surface area contributed by atoms with Crippen LogP contribution in [0.2, 0.25) is 0 Å². The zero-order chi connectivity index (χ0) is 14.1. The standard InChI is InChI=1S/C10H10F3NO3S/c1-6-8(7(2)15)4-3-5-9(6)14-18(16,17)10(11,12)13/h3-5,14H,1-2H3. The van der Waals surface area contributed by atoms with Crippen LogP contribution in [0.25, 0.3) is 0 Å². The van der Waals surface area contributed by atoms with Gasteiger partial charge in [0.15, 0.2) is 5.78 Å². The number of anilines is 1. The molecule has 1 aromatic rings. The van der Waals surface area contributed by atoms with Crippen molar-refractivity contribution in [2.75, 3.05) is 4.72 Å². The first-order valence-electron chi connectivity index (χ1n) is 4.76. The average Bonchev–Trinajstić information content (AvgIpc) is 2.18. The van der Waals surface area contributed by atoms with E-state index in [1.165, 1.54) is 30.7 Å². The number of rotatable bonds is 3. The van der Waals surface area contributed by atoms with Crippen molar-refractivity contribution in [2.24, 2.45) is 0 Å². The summed E-state index contributed by atoms with van der Waals surface area (Å²) in [7, 11) is -5.48. The fraction of sp³-hybridized carbons (Fsp3) is 0.300. The Bertz CT molecular complexity index is 579. The lowest BCUT2D eigenvalue weighted by atomic mass is 10.0. The van der Waals surface area contributed by atoms with Crippen LogP contribution in [0.1, 0.15) is 22.8 Å². The lowest BCUT2D eigenvalue weighted by molar-refractivity contribution is -0.0429. The number of hydrogen-bond donors (Lipinski definition) is 1. The molecule has 1 rings (SSSR count). The number of halogens is 3. The highest BCUT2D eigenvalue weighted by Crippen LogP contribution is 2.27. The Morgan fingerprint density at radius 3 is 2.28 bits per heavy atom. The quantitative estimate of drug-likeness (QED) is 0.866. The highest BCUT2D eigenvalue weighted by Gasteiger charge is 2.46. The van der Waals surface area contributed by atoms with Gasteiger partial charge in [-0.3, -0.25) is 9.52 Å². The van der Waals surface area contributed by atoms with E-state index in [1.807, 2.05) is 0 Å². The molecule has 0 saturated heterocycles. The minimum absolute atomic E-state index is 0.151. The number of alkyl halides is 3. The van der Waals surface area contributed by atoms with Crippen molar-refractivity contribution in [2.45, 2.75) is 19.4 Å².